The Morgan fingerprint density at radius 1 is 1.24 bits per heavy atom. The number of hydrogen-bond donors (Lipinski definition) is 1. The van der Waals surface area contributed by atoms with Gasteiger partial charge in [-0.2, -0.15) is 0 Å². The molecule has 1 amide bonds. The third-order valence-electron chi connectivity index (χ3n) is 4.19. The zero-order chi connectivity index (χ0) is 18.0. The summed E-state index contributed by atoms with van der Waals surface area (Å²) >= 11 is 0. The van der Waals surface area contributed by atoms with Crippen molar-refractivity contribution >= 4 is 5.91 Å². The largest absolute Gasteiger partial charge is 0.487 e. The zero-order valence-electron chi connectivity index (χ0n) is 14.6. The van der Waals surface area contributed by atoms with E-state index < -0.39 is 6.10 Å². The van der Waals surface area contributed by atoms with E-state index in [1.54, 1.807) is 6.92 Å². The lowest BCUT2D eigenvalue weighted by Gasteiger charge is -2.38. The molecule has 1 N–H and O–H groups in total. The molecule has 0 saturated carbocycles. The Labute approximate surface area is 147 Å². The molecule has 2 atom stereocenters. The highest BCUT2D eigenvalue weighted by Crippen LogP contribution is 2.39. The summed E-state index contributed by atoms with van der Waals surface area (Å²) in [6, 6.07) is 13.2. The molecule has 25 heavy (non-hydrogen) atoms. The molecule has 0 bridgehead atoms. The number of rotatable bonds is 4. The lowest BCUT2D eigenvalue weighted by molar-refractivity contribution is -0.128. The average Bonchev–Trinajstić information content (AvgIpc) is 2.56. The molecule has 132 valence electrons. The second kappa shape index (κ2) is 6.75. The molecule has 2 aromatic carbocycles. The maximum absolute atomic E-state index is 13.0. The summed E-state index contributed by atoms with van der Waals surface area (Å²) in [5.74, 6) is 0.681. The smallest absolute Gasteiger partial charge is 0.261 e. The standard InChI is InChI=1S/C20H22FNO3/c1-13(24-15-10-8-14(21)9-11-15)19(23)22-17-12-20(2,3)25-18-7-5-4-6-16(17)18/h4-11,13,17H,12H2,1-3H3,(H,22,23)/t13-,17+/m0/s1. The van der Waals surface area contributed by atoms with Crippen LogP contribution in [0.4, 0.5) is 4.39 Å². The van der Waals surface area contributed by atoms with E-state index in [1.165, 1.54) is 24.3 Å². The fourth-order valence-electron chi connectivity index (χ4n) is 2.99. The van der Waals surface area contributed by atoms with E-state index in [4.69, 9.17) is 9.47 Å². The lowest BCUT2D eigenvalue weighted by atomic mass is 9.89. The number of amides is 1. The molecule has 0 spiro atoms. The highest BCUT2D eigenvalue weighted by atomic mass is 19.1. The lowest BCUT2D eigenvalue weighted by Crippen LogP contribution is -2.44. The van der Waals surface area contributed by atoms with E-state index in [1.807, 2.05) is 38.1 Å². The van der Waals surface area contributed by atoms with Crippen LogP contribution in [0.3, 0.4) is 0 Å². The van der Waals surface area contributed by atoms with Gasteiger partial charge in [-0.25, -0.2) is 4.39 Å². The van der Waals surface area contributed by atoms with Crippen LogP contribution in [0.5, 0.6) is 11.5 Å². The molecule has 4 nitrogen and oxygen atoms in total. The van der Waals surface area contributed by atoms with Crippen molar-refractivity contribution in [2.75, 3.05) is 0 Å². The van der Waals surface area contributed by atoms with Crippen molar-refractivity contribution in [1.29, 1.82) is 0 Å². The molecule has 0 aromatic heterocycles. The minimum Gasteiger partial charge on any atom is -0.487 e. The molecule has 0 fully saturated rings. The third-order valence-corrected chi connectivity index (χ3v) is 4.19. The average molecular weight is 343 g/mol. The molecule has 0 aliphatic carbocycles. The second-order valence-electron chi connectivity index (χ2n) is 6.88. The summed E-state index contributed by atoms with van der Waals surface area (Å²) in [5, 5.41) is 3.04. The maximum Gasteiger partial charge on any atom is 0.261 e. The first-order chi connectivity index (χ1) is 11.8. The van der Waals surface area contributed by atoms with Gasteiger partial charge in [-0.1, -0.05) is 18.2 Å². The van der Waals surface area contributed by atoms with Crippen molar-refractivity contribution in [1.82, 2.24) is 5.32 Å². The van der Waals surface area contributed by atoms with Gasteiger partial charge in [0.15, 0.2) is 6.10 Å². The molecule has 1 heterocycles. The van der Waals surface area contributed by atoms with Crippen molar-refractivity contribution in [3.05, 3.63) is 59.9 Å². The van der Waals surface area contributed by atoms with Crippen LogP contribution in [0.1, 0.15) is 38.8 Å². The van der Waals surface area contributed by atoms with Crippen molar-refractivity contribution in [2.45, 2.75) is 44.9 Å². The number of para-hydroxylation sites is 1. The Bertz CT molecular complexity index is 758. The van der Waals surface area contributed by atoms with Gasteiger partial charge >= 0.3 is 0 Å². The van der Waals surface area contributed by atoms with Gasteiger partial charge in [0.1, 0.15) is 22.9 Å². The van der Waals surface area contributed by atoms with Gasteiger partial charge in [0.2, 0.25) is 0 Å². The van der Waals surface area contributed by atoms with Crippen LogP contribution < -0.4 is 14.8 Å². The minimum atomic E-state index is -0.691. The first-order valence-corrected chi connectivity index (χ1v) is 8.35. The predicted molar refractivity (Wildman–Crippen MR) is 93.1 cm³/mol. The number of hydrogen-bond acceptors (Lipinski definition) is 3. The zero-order valence-corrected chi connectivity index (χ0v) is 14.6. The summed E-state index contributed by atoms with van der Waals surface area (Å²) in [4.78, 5) is 12.6. The number of carbonyl (C=O) groups is 1. The normalized spacial score (nSPS) is 19.3. The van der Waals surface area contributed by atoms with Gasteiger partial charge < -0.3 is 14.8 Å². The van der Waals surface area contributed by atoms with Crippen molar-refractivity contribution < 1.29 is 18.7 Å². The highest BCUT2D eigenvalue weighted by molar-refractivity contribution is 5.81. The summed E-state index contributed by atoms with van der Waals surface area (Å²) < 4.78 is 24.5. The first-order valence-electron chi connectivity index (χ1n) is 8.35. The minimum absolute atomic E-state index is 0.147. The summed E-state index contributed by atoms with van der Waals surface area (Å²) in [5.41, 5.74) is 0.594. The van der Waals surface area contributed by atoms with E-state index in [9.17, 15) is 9.18 Å². The molecule has 2 aromatic rings. The Hall–Kier alpha value is -2.56. The molecule has 0 saturated heterocycles. The van der Waals surface area contributed by atoms with Gasteiger partial charge in [0.25, 0.3) is 5.91 Å². The van der Waals surface area contributed by atoms with Crippen LogP contribution in [0.15, 0.2) is 48.5 Å². The van der Waals surface area contributed by atoms with Crippen molar-refractivity contribution in [2.24, 2.45) is 0 Å². The van der Waals surface area contributed by atoms with Crippen LogP contribution in [-0.4, -0.2) is 17.6 Å². The summed E-state index contributed by atoms with van der Waals surface area (Å²) in [6.07, 6.45) is -0.0254. The third kappa shape index (κ3) is 4.10. The number of fused-ring (bicyclic) bond motifs is 1. The van der Waals surface area contributed by atoms with Crippen molar-refractivity contribution in [3.63, 3.8) is 0 Å². The van der Waals surface area contributed by atoms with Gasteiger partial charge in [-0.15, -0.1) is 0 Å². The fourth-order valence-corrected chi connectivity index (χ4v) is 2.99. The van der Waals surface area contributed by atoms with Gasteiger partial charge in [0.05, 0.1) is 6.04 Å². The maximum atomic E-state index is 13.0. The van der Waals surface area contributed by atoms with Crippen molar-refractivity contribution in [3.8, 4) is 11.5 Å². The number of halogens is 1. The van der Waals surface area contributed by atoms with Crippen LogP contribution in [0.2, 0.25) is 0 Å². The van der Waals surface area contributed by atoms with E-state index in [-0.39, 0.29) is 23.4 Å². The molecule has 0 radical (unpaired) electrons. The molecule has 1 aliphatic heterocycles. The number of carbonyl (C=O) groups excluding carboxylic acids is 1. The predicted octanol–water partition coefficient (Wildman–Crippen LogP) is 4.01. The highest BCUT2D eigenvalue weighted by Gasteiger charge is 2.35. The summed E-state index contributed by atoms with van der Waals surface area (Å²) in [7, 11) is 0. The van der Waals surface area contributed by atoms with Gasteiger partial charge in [-0.05, 0) is 51.1 Å². The van der Waals surface area contributed by atoms with E-state index in [0.29, 0.717) is 12.2 Å². The Kier molecular flexibility index (Phi) is 4.66. The SMILES string of the molecule is C[C@H](Oc1ccc(F)cc1)C(=O)N[C@@H]1CC(C)(C)Oc2ccccc21. The number of benzene rings is 2. The topological polar surface area (TPSA) is 47.6 Å². The monoisotopic (exact) mass is 343 g/mol. The Morgan fingerprint density at radius 3 is 2.64 bits per heavy atom. The van der Waals surface area contributed by atoms with Gasteiger partial charge in [-0.3, -0.25) is 4.79 Å². The number of nitrogens with one attached hydrogen (secondary N) is 1. The Balaban J connectivity index is 1.70. The molecular weight excluding hydrogens is 321 g/mol. The Morgan fingerprint density at radius 2 is 1.92 bits per heavy atom. The van der Waals surface area contributed by atoms with Gasteiger partial charge in [0, 0.05) is 12.0 Å². The molecular formula is C20H22FNO3. The molecule has 1 aliphatic rings. The van der Waals surface area contributed by atoms with E-state index in [2.05, 4.69) is 5.32 Å². The molecule has 0 unspecified atom stereocenters. The second-order valence-corrected chi connectivity index (χ2v) is 6.88. The first kappa shape index (κ1) is 17.3. The summed E-state index contributed by atoms with van der Waals surface area (Å²) in [6.45, 7) is 5.68. The molecule has 5 heteroatoms. The van der Waals surface area contributed by atoms with E-state index >= 15 is 0 Å². The number of ether oxygens (including phenoxy) is 2. The van der Waals surface area contributed by atoms with Crippen LogP contribution >= 0.6 is 0 Å². The van der Waals surface area contributed by atoms with Crippen LogP contribution in [-0.2, 0) is 4.79 Å². The van der Waals surface area contributed by atoms with E-state index in [0.717, 1.165) is 11.3 Å². The van der Waals surface area contributed by atoms with Crippen LogP contribution in [0.25, 0.3) is 0 Å². The van der Waals surface area contributed by atoms with Crippen LogP contribution in [0, 0.1) is 5.82 Å². The molecule has 3 rings (SSSR count). The quantitative estimate of drug-likeness (QED) is 0.912. The fraction of sp³-hybridized carbons (Fsp3) is 0.350.